The molecular formula is C19H16N2O9S2-2. The number of carbonyl (C=O) groups is 3. The van der Waals surface area contributed by atoms with Crippen molar-refractivity contribution < 1.29 is 41.4 Å². The van der Waals surface area contributed by atoms with E-state index in [1.165, 1.54) is 24.3 Å². The molecule has 0 saturated heterocycles. The highest BCUT2D eigenvalue weighted by Gasteiger charge is 2.31. The van der Waals surface area contributed by atoms with Gasteiger partial charge in [-0.15, -0.1) is 0 Å². The maximum absolute atomic E-state index is 12.9. The predicted octanol–water partition coefficient (Wildman–Crippen LogP) is -2.27. The number of rotatable bonds is 8. The van der Waals surface area contributed by atoms with E-state index in [1.807, 2.05) is 9.44 Å². The fraction of sp³-hybridized carbons (Fsp3) is 0.211. The Morgan fingerprint density at radius 2 is 1.06 bits per heavy atom. The Morgan fingerprint density at radius 3 is 1.38 bits per heavy atom. The monoisotopic (exact) mass is 480 g/mol. The van der Waals surface area contributed by atoms with Crippen molar-refractivity contribution in [3.63, 3.8) is 0 Å². The van der Waals surface area contributed by atoms with Gasteiger partial charge in [-0.05, 0) is 49.2 Å². The standard InChI is InChI=1S/C19H18N2O9S2/c1-9(18(23)24)20-31(27,28)11-3-5-13-14-6-4-12(8-16(14)17(22)15(13)7-11)32(29,30)21-10(2)19(25)26/h3-10,20-21H,1-2H3,(H,23,24)(H,25,26)/p-2/t9-,10-/m1/s1. The van der Waals surface area contributed by atoms with Gasteiger partial charge in [0.25, 0.3) is 0 Å². The van der Waals surface area contributed by atoms with Crippen LogP contribution in [0.2, 0.25) is 0 Å². The van der Waals surface area contributed by atoms with Crippen molar-refractivity contribution in [2.24, 2.45) is 0 Å². The van der Waals surface area contributed by atoms with Crippen LogP contribution in [0.4, 0.5) is 0 Å². The van der Waals surface area contributed by atoms with Gasteiger partial charge in [-0.1, -0.05) is 12.1 Å². The number of sulfonamides is 2. The quantitative estimate of drug-likeness (QED) is 0.358. The number of nitrogens with one attached hydrogen (secondary N) is 2. The molecule has 1 aliphatic carbocycles. The van der Waals surface area contributed by atoms with Crippen molar-refractivity contribution in [1.82, 2.24) is 9.44 Å². The number of fused-ring (bicyclic) bond motifs is 3. The summed E-state index contributed by atoms with van der Waals surface area (Å²) in [6.07, 6.45) is 0. The molecule has 1 aliphatic rings. The van der Waals surface area contributed by atoms with E-state index in [1.54, 1.807) is 0 Å². The van der Waals surface area contributed by atoms with Crippen LogP contribution in [0.3, 0.4) is 0 Å². The molecule has 2 aromatic rings. The third-order valence-electron chi connectivity index (χ3n) is 4.75. The first-order valence-corrected chi connectivity index (χ1v) is 12.0. The Balaban J connectivity index is 1.99. The highest BCUT2D eigenvalue weighted by Crippen LogP contribution is 2.38. The molecule has 0 heterocycles. The maximum Gasteiger partial charge on any atom is 0.241 e. The van der Waals surface area contributed by atoms with Gasteiger partial charge in [0.1, 0.15) is 0 Å². The van der Waals surface area contributed by atoms with E-state index < -0.39 is 49.9 Å². The van der Waals surface area contributed by atoms with Crippen molar-refractivity contribution in [2.45, 2.75) is 35.7 Å². The van der Waals surface area contributed by atoms with E-state index in [0.717, 1.165) is 26.0 Å². The Morgan fingerprint density at radius 1 is 0.719 bits per heavy atom. The number of benzene rings is 2. The normalized spacial score (nSPS) is 15.0. The van der Waals surface area contributed by atoms with Crippen molar-refractivity contribution in [1.29, 1.82) is 0 Å². The molecule has 2 aromatic carbocycles. The number of aliphatic carboxylic acids is 2. The summed E-state index contributed by atoms with van der Waals surface area (Å²) in [5.74, 6) is -3.91. The van der Waals surface area contributed by atoms with Crippen LogP contribution in [0.1, 0.15) is 29.8 Å². The molecule has 0 unspecified atom stereocenters. The van der Waals surface area contributed by atoms with E-state index in [2.05, 4.69) is 0 Å². The predicted molar refractivity (Wildman–Crippen MR) is 105 cm³/mol. The molecule has 0 aromatic heterocycles. The number of carboxylic acid groups (broad SMARTS) is 2. The maximum atomic E-state index is 12.9. The van der Waals surface area contributed by atoms with E-state index >= 15 is 0 Å². The van der Waals surface area contributed by atoms with Gasteiger partial charge < -0.3 is 19.8 Å². The van der Waals surface area contributed by atoms with E-state index in [-0.39, 0.29) is 20.9 Å². The van der Waals surface area contributed by atoms with Crippen molar-refractivity contribution in [3.05, 3.63) is 47.5 Å². The van der Waals surface area contributed by atoms with Crippen LogP contribution in [0, 0.1) is 0 Å². The molecule has 3 rings (SSSR count). The summed E-state index contributed by atoms with van der Waals surface area (Å²) in [6, 6.07) is 4.16. The largest absolute Gasteiger partial charge is 0.548 e. The highest BCUT2D eigenvalue weighted by molar-refractivity contribution is 7.89. The lowest BCUT2D eigenvalue weighted by Crippen LogP contribution is -2.45. The van der Waals surface area contributed by atoms with Crippen LogP contribution in [0.5, 0.6) is 0 Å². The second kappa shape index (κ2) is 8.09. The number of ketones is 1. The van der Waals surface area contributed by atoms with Crippen LogP contribution < -0.4 is 19.7 Å². The van der Waals surface area contributed by atoms with Gasteiger partial charge in [0.05, 0.1) is 33.8 Å². The number of carbonyl (C=O) groups excluding carboxylic acids is 3. The highest BCUT2D eigenvalue weighted by atomic mass is 32.2. The summed E-state index contributed by atoms with van der Waals surface area (Å²) in [5.41, 5.74) is 0.679. The molecule has 32 heavy (non-hydrogen) atoms. The van der Waals surface area contributed by atoms with Crippen LogP contribution in [-0.4, -0.2) is 46.6 Å². The summed E-state index contributed by atoms with van der Waals surface area (Å²) in [7, 11) is -8.56. The molecule has 11 nitrogen and oxygen atoms in total. The Labute approximate surface area is 183 Å². The molecule has 0 fully saturated rings. The van der Waals surface area contributed by atoms with Crippen molar-refractivity contribution in [2.75, 3.05) is 0 Å². The SMILES string of the molecule is C[C@@H](NS(=O)(=O)c1ccc2c(c1)C(=O)c1cc(S(=O)(=O)N[C@H](C)C(=O)[O-])ccc1-2)C(=O)[O-]. The van der Waals surface area contributed by atoms with Crippen LogP contribution in [0.15, 0.2) is 46.2 Å². The van der Waals surface area contributed by atoms with Crippen LogP contribution in [-0.2, 0) is 29.6 Å². The van der Waals surface area contributed by atoms with Gasteiger partial charge in [0.15, 0.2) is 5.78 Å². The summed E-state index contributed by atoms with van der Waals surface area (Å²) in [6.45, 7) is 2.16. The Bertz CT molecular complexity index is 1260. The van der Waals surface area contributed by atoms with Crippen molar-refractivity contribution in [3.8, 4) is 11.1 Å². The van der Waals surface area contributed by atoms with E-state index in [0.29, 0.717) is 11.1 Å². The van der Waals surface area contributed by atoms with Crippen molar-refractivity contribution >= 4 is 37.8 Å². The lowest BCUT2D eigenvalue weighted by Gasteiger charge is -2.15. The molecule has 2 N–H and O–H groups in total. The zero-order chi connectivity index (χ0) is 24.0. The first-order valence-electron chi connectivity index (χ1n) is 9.04. The summed E-state index contributed by atoms with van der Waals surface area (Å²) < 4.78 is 53.5. The second-order valence-electron chi connectivity index (χ2n) is 7.07. The summed E-state index contributed by atoms with van der Waals surface area (Å²) >= 11 is 0. The molecule has 13 heteroatoms. The zero-order valence-corrected chi connectivity index (χ0v) is 18.2. The third-order valence-corrected chi connectivity index (χ3v) is 7.83. The molecule has 2 atom stereocenters. The van der Waals surface area contributed by atoms with Crippen LogP contribution in [0.25, 0.3) is 11.1 Å². The van der Waals surface area contributed by atoms with E-state index in [9.17, 15) is 41.4 Å². The number of carboxylic acids is 2. The minimum atomic E-state index is -4.28. The minimum Gasteiger partial charge on any atom is -0.548 e. The van der Waals surface area contributed by atoms with Gasteiger partial charge in [0, 0.05) is 11.1 Å². The lowest BCUT2D eigenvalue weighted by molar-refractivity contribution is -0.308. The molecular weight excluding hydrogens is 464 g/mol. The van der Waals surface area contributed by atoms with Gasteiger partial charge in [0.2, 0.25) is 20.0 Å². The van der Waals surface area contributed by atoms with E-state index in [4.69, 9.17) is 0 Å². The second-order valence-corrected chi connectivity index (χ2v) is 10.5. The lowest BCUT2D eigenvalue weighted by atomic mass is 10.1. The fourth-order valence-corrected chi connectivity index (χ4v) is 5.51. The van der Waals surface area contributed by atoms with Gasteiger partial charge in [-0.25, -0.2) is 26.3 Å². The smallest absolute Gasteiger partial charge is 0.241 e. The molecule has 0 saturated carbocycles. The number of hydrogen-bond donors (Lipinski definition) is 2. The molecule has 0 spiro atoms. The molecule has 170 valence electrons. The van der Waals surface area contributed by atoms with Crippen LogP contribution >= 0.6 is 0 Å². The molecule has 0 radical (unpaired) electrons. The average Bonchev–Trinajstić information content (AvgIpc) is 2.98. The Hall–Kier alpha value is -3.13. The van der Waals surface area contributed by atoms with Gasteiger partial charge in [-0.3, -0.25) is 4.79 Å². The first-order chi connectivity index (χ1) is 14.7. The first kappa shape index (κ1) is 23.5. The zero-order valence-electron chi connectivity index (χ0n) is 16.6. The van der Waals surface area contributed by atoms with Gasteiger partial charge >= 0.3 is 0 Å². The molecule has 0 amide bonds. The summed E-state index contributed by atoms with van der Waals surface area (Å²) in [5, 5.41) is 21.7. The topological polar surface area (TPSA) is 190 Å². The molecule has 0 aliphatic heterocycles. The Kier molecular flexibility index (Phi) is 5.95. The average molecular weight is 480 g/mol. The fourth-order valence-electron chi connectivity index (χ4n) is 3.07. The molecule has 0 bridgehead atoms. The third kappa shape index (κ3) is 4.27. The van der Waals surface area contributed by atoms with Gasteiger partial charge in [-0.2, -0.15) is 0 Å². The number of hydrogen-bond acceptors (Lipinski definition) is 9. The minimum absolute atomic E-state index is 0.0189. The summed E-state index contributed by atoms with van der Waals surface area (Å²) in [4.78, 5) is 33.8.